The molecule has 2 amide bonds. The lowest BCUT2D eigenvalue weighted by molar-refractivity contribution is -0.137. The highest BCUT2D eigenvalue weighted by atomic mass is 32.2. The summed E-state index contributed by atoms with van der Waals surface area (Å²) in [6.07, 6.45) is -1.49. The number of benzene rings is 1. The normalized spacial score (nSPS) is 11.2. The molecular weight excluding hydrogens is 433 g/mol. The second-order valence-electron chi connectivity index (χ2n) is 6.24. The molecule has 2 aromatic heterocycles. The zero-order chi connectivity index (χ0) is 22.4. The number of nitrogens with one attached hydrogen (secondary N) is 2. The molecule has 162 valence electrons. The first-order valence-electron chi connectivity index (χ1n) is 8.92. The SMILES string of the molecule is CNC(=O)c1cn(-c2ccc(SCC(=O)NCc3cccc(C(F)(F)F)c3)nn2)cn1. The summed E-state index contributed by atoms with van der Waals surface area (Å²) in [7, 11) is 1.50. The first-order valence-corrected chi connectivity index (χ1v) is 9.90. The number of alkyl halides is 3. The summed E-state index contributed by atoms with van der Waals surface area (Å²) in [4.78, 5) is 27.5. The molecule has 1 aromatic carbocycles. The van der Waals surface area contributed by atoms with Crippen LogP contribution in [0.2, 0.25) is 0 Å². The molecule has 8 nitrogen and oxygen atoms in total. The Labute approximate surface area is 179 Å². The molecule has 0 saturated heterocycles. The van der Waals surface area contributed by atoms with Crippen LogP contribution in [0.15, 0.2) is 53.9 Å². The maximum absolute atomic E-state index is 12.7. The van der Waals surface area contributed by atoms with E-state index in [2.05, 4.69) is 25.8 Å². The van der Waals surface area contributed by atoms with Gasteiger partial charge in [0.15, 0.2) is 5.82 Å². The molecule has 0 spiro atoms. The molecule has 31 heavy (non-hydrogen) atoms. The second-order valence-corrected chi connectivity index (χ2v) is 7.23. The molecule has 0 radical (unpaired) electrons. The van der Waals surface area contributed by atoms with Crippen LogP contribution in [-0.2, 0) is 17.5 Å². The van der Waals surface area contributed by atoms with Crippen LogP contribution in [0.3, 0.4) is 0 Å². The number of halogens is 3. The smallest absolute Gasteiger partial charge is 0.354 e. The fraction of sp³-hybridized carbons (Fsp3) is 0.211. The van der Waals surface area contributed by atoms with Gasteiger partial charge in [0.1, 0.15) is 17.0 Å². The Balaban J connectivity index is 1.50. The third-order valence-corrected chi connectivity index (χ3v) is 4.95. The van der Waals surface area contributed by atoms with Gasteiger partial charge in [-0.25, -0.2) is 4.98 Å². The van der Waals surface area contributed by atoms with E-state index >= 15 is 0 Å². The van der Waals surface area contributed by atoms with E-state index in [1.165, 1.54) is 36.3 Å². The average molecular weight is 450 g/mol. The molecule has 0 aliphatic rings. The van der Waals surface area contributed by atoms with E-state index in [-0.39, 0.29) is 29.8 Å². The zero-order valence-electron chi connectivity index (χ0n) is 16.2. The molecule has 0 unspecified atom stereocenters. The van der Waals surface area contributed by atoms with Gasteiger partial charge in [-0.1, -0.05) is 23.9 Å². The van der Waals surface area contributed by atoms with Crippen LogP contribution in [0.1, 0.15) is 21.6 Å². The molecule has 3 aromatic rings. The number of thioether (sulfide) groups is 1. The Hall–Kier alpha value is -3.41. The van der Waals surface area contributed by atoms with Crippen molar-refractivity contribution in [2.75, 3.05) is 12.8 Å². The van der Waals surface area contributed by atoms with E-state index in [1.807, 2.05) is 0 Å². The molecule has 2 N–H and O–H groups in total. The van der Waals surface area contributed by atoms with Crippen LogP contribution >= 0.6 is 11.8 Å². The lowest BCUT2D eigenvalue weighted by Crippen LogP contribution is -2.24. The van der Waals surface area contributed by atoms with Crippen molar-refractivity contribution in [3.63, 3.8) is 0 Å². The average Bonchev–Trinajstić information content (AvgIpc) is 3.26. The predicted octanol–water partition coefficient (Wildman–Crippen LogP) is 2.45. The third-order valence-electron chi connectivity index (χ3n) is 4.03. The summed E-state index contributed by atoms with van der Waals surface area (Å²) in [5.74, 6) is -0.201. The van der Waals surface area contributed by atoms with Gasteiger partial charge in [-0.05, 0) is 29.8 Å². The van der Waals surface area contributed by atoms with Crippen molar-refractivity contribution in [2.45, 2.75) is 17.7 Å². The second kappa shape index (κ2) is 9.60. The van der Waals surface area contributed by atoms with E-state index in [4.69, 9.17) is 0 Å². The number of hydrogen-bond acceptors (Lipinski definition) is 6. The van der Waals surface area contributed by atoms with Gasteiger partial charge in [-0.15, -0.1) is 10.2 Å². The van der Waals surface area contributed by atoms with Crippen molar-refractivity contribution < 1.29 is 22.8 Å². The molecule has 0 aliphatic heterocycles. The molecular formula is C19H17F3N6O2S. The molecule has 0 fully saturated rings. The van der Waals surface area contributed by atoms with Crippen LogP contribution < -0.4 is 10.6 Å². The lowest BCUT2D eigenvalue weighted by atomic mass is 10.1. The van der Waals surface area contributed by atoms with Gasteiger partial charge in [-0.2, -0.15) is 13.2 Å². The van der Waals surface area contributed by atoms with E-state index in [9.17, 15) is 22.8 Å². The number of rotatable bonds is 7. The maximum atomic E-state index is 12.7. The van der Waals surface area contributed by atoms with Gasteiger partial charge in [0.05, 0.1) is 11.3 Å². The van der Waals surface area contributed by atoms with Gasteiger partial charge in [0.2, 0.25) is 5.91 Å². The molecule has 12 heteroatoms. The molecule has 0 saturated carbocycles. The van der Waals surface area contributed by atoms with Crippen molar-refractivity contribution in [2.24, 2.45) is 0 Å². The summed E-state index contributed by atoms with van der Waals surface area (Å²) in [5.41, 5.74) is -0.168. The highest BCUT2D eigenvalue weighted by Crippen LogP contribution is 2.29. The Kier molecular flexibility index (Phi) is 6.90. The summed E-state index contributed by atoms with van der Waals surface area (Å²) < 4.78 is 39.8. The van der Waals surface area contributed by atoms with Crippen LogP contribution in [0, 0.1) is 0 Å². The van der Waals surface area contributed by atoms with Crippen LogP contribution in [0.5, 0.6) is 0 Å². The molecule has 0 aliphatic carbocycles. The van der Waals surface area contributed by atoms with Gasteiger partial charge in [0.25, 0.3) is 5.91 Å². The van der Waals surface area contributed by atoms with E-state index in [1.54, 1.807) is 12.1 Å². The molecule has 3 rings (SSSR count). The minimum atomic E-state index is -4.43. The number of aromatic nitrogens is 4. The van der Waals surface area contributed by atoms with Crippen molar-refractivity contribution in [1.82, 2.24) is 30.4 Å². The Morgan fingerprint density at radius 2 is 1.97 bits per heavy atom. The van der Waals surface area contributed by atoms with Crippen molar-refractivity contribution >= 4 is 23.6 Å². The van der Waals surface area contributed by atoms with Gasteiger partial charge >= 0.3 is 6.18 Å². The summed E-state index contributed by atoms with van der Waals surface area (Å²) in [6, 6.07) is 8.11. The van der Waals surface area contributed by atoms with Crippen molar-refractivity contribution in [3.8, 4) is 5.82 Å². The number of carbonyl (C=O) groups is 2. The zero-order valence-corrected chi connectivity index (χ0v) is 17.0. The monoisotopic (exact) mass is 450 g/mol. The number of hydrogen-bond donors (Lipinski definition) is 2. The molecule has 0 atom stereocenters. The first kappa shape index (κ1) is 22.3. The standard InChI is InChI=1S/C19H17F3N6O2S/c1-23-18(30)14-9-28(11-25-14)15-5-6-17(27-26-15)31-10-16(29)24-8-12-3-2-4-13(7-12)19(20,21)22/h2-7,9,11H,8,10H2,1H3,(H,23,30)(H,24,29). The minimum Gasteiger partial charge on any atom is -0.354 e. The number of imidazole rings is 1. The van der Waals surface area contributed by atoms with Crippen LogP contribution in [-0.4, -0.2) is 44.4 Å². The minimum absolute atomic E-state index is 0.0117. The van der Waals surface area contributed by atoms with Gasteiger partial charge < -0.3 is 10.6 Å². The quantitative estimate of drug-likeness (QED) is 0.537. The third kappa shape index (κ3) is 6.04. The number of nitrogens with zero attached hydrogens (tertiary/aromatic N) is 4. The lowest BCUT2D eigenvalue weighted by Gasteiger charge is -2.09. The topological polar surface area (TPSA) is 102 Å². The van der Waals surface area contributed by atoms with Gasteiger partial charge in [0, 0.05) is 19.8 Å². The molecule has 0 bridgehead atoms. The number of carbonyl (C=O) groups excluding carboxylic acids is 2. The van der Waals surface area contributed by atoms with Crippen LogP contribution in [0.25, 0.3) is 5.82 Å². The van der Waals surface area contributed by atoms with Crippen molar-refractivity contribution in [3.05, 3.63) is 65.7 Å². The van der Waals surface area contributed by atoms with E-state index in [0.717, 1.165) is 23.9 Å². The van der Waals surface area contributed by atoms with Crippen molar-refractivity contribution in [1.29, 1.82) is 0 Å². The van der Waals surface area contributed by atoms with E-state index < -0.39 is 11.7 Å². The largest absolute Gasteiger partial charge is 0.416 e. The van der Waals surface area contributed by atoms with Gasteiger partial charge in [-0.3, -0.25) is 14.2 Å². The maximum Gasteiger partial charge on any atom is 0.416 e. The fourth-order valence-electron chi connectivity index (χ4n) is 2.47. The molecule has 2 heterocycles. The summed E-state index contributed by atoms with van der Waals surface area (Å²) >= 11 is 1.13. The summed E-state index contributed by atoms with van der Waals surface area (Å²) in [5, 5.41) is 13.6. The van der Waals surface area contributed by atoms with E-state index in [0.29, 0.717) is 16.4 Å². The fourth-order valence-corrected chi connectivity index (χ4v) is 3.11. The Bertz CT molecular complexity index is 1070. The Morgan fingerprint density at radius 1 is 1.16 bits per heavy atom. The Morgan fingerprint density at radius 3 is 2.65 bits per heavy atom. The highest BCUT2D eigenvalue weighted by Gasteiger charge is 2.30. The predicted molar refractivity (Wildman–Crippen MR) is 107 cm³/mol. The number of amides is 2. The highest BCUT2D eigenvalue weighted by molar-refractivity contribution is 7.99. The first-order chi connectivity index (χ1) is 14.8. The van der Waals surface area contributed by atoms with Crippen LogP contribution in [0.4, 0.5) is 13.2 Å². The summed E-state index contributed by atoms with van der Waals surface area (Å²) in [6.45, 7) is -0.0117.